The molecule has 1 N–H and O–H groups in total. The Balaban J connectivity index is 1.65. The molecule has 1 aromatic carbocycles. The highest BCUT2D eigenvalue weighted by Gasteiger charge is 2.19. The Kier molecular flexibility index (Phi) is 5.61. The maximum Gasteiger partial charge on any atom is 0.217 e. The molecule has 23 heavy (non-hydrogen) atoms. The number of benzene rings is 1. The molecule has 0 spiro atoms. The second kappa shape index (κ2) is 8.09. The SMILES string of the molecule is COCCOc1ncccc1CNC1CCCc2ccccc21. The molecule has 1 unspecified atom stereocenters. The first-order chi connectivity index (χ1) is 11.4. The summed E-state index contributed by atoms with van der Waals surface area (Å²) in [5.41, 5.74) is 4.00. The Morgan fingerprint density at radius 3 is 3.00 bits per heavy atom. The van der Waals surface area contributed by atoms with Gasteiger partial charge in [0.15, 0.2) is 0 Å². The first kappa shape index (κ1) is 16.0. The van der Waals surface area contributed by atoms with Gasteiger partial charge in [0, 0.05) is 31.5 Å². The van der Waals surface area contributed by atoms with Crippen LogP contribution in [0.5, 0.6) is 5.88 Å². The van der Waals surface area contributed by atoms with E-state index in [1.165, 1.54) is 30.4 Å². The maximum atomic E-state index is 5.71. The summed E-state index contributed by atoms with van der Waals surface area (Å²) in [5.74, 6) is 0.696. The van der Waals surface area contributed by atoms with Crippen LogP contribution in [0.25, 0.3) is 0 Å². The lowest BCUT2D eigenvalue weighted by molar-refractivity contribution is 0.143. The van der Waals surface area contributed by atoms with Crippen LogP contribution in [-0.4, -0.2) is 25.3 Å². The van der Waals surface area contributed by atoms with Crippen molar-refractivity contribution in [3.8, 4) is 5.88 Å². The van der Waals surface area contributed by atoms with Crippen LogP contribution in [0.4, 0.5) is 0 Å². The molecule has 1 aliphatic carbocycles. The summed E-state index contributed by atoms with van der Waals surface area (Å²) >= 11 is 0. The van der Waals surface area contributed by atoms with Crippen molar-refractivity contribution in [3.63, 3.8) is 0 Å². The molecule has 0 amide bonds. The van der Waals surface area contributed by atoms with E-state index >= 15 is 0 Å². The molecular weight excluding hydrogens is 288 g/mol. The molecule has 0 fully saturated rings. The second-order valence-electron chi connectivity index (χ2n) is 5.83. The first-order valence-electron chi connectivity index (χ1n) is 8.25. The first-order valence-corrected chi connectivity index (χ1v) is 8.25. The molecule has 1 atom stereocenters. The average molecular weight is 312 g/mol. The van der Waals surface area contributed by atoms with Crippen LogP contribution in [0.2, 0.25) is 0 Å². The number of aromatic nitrogens is 1. The lowest BCUT2D eigenvalue weighted by Crippen LogP contribution is -2.25. The number of hydrogen-bond acceptors (Lipinski definition) is 4. The summed E-state index contributed by atoms with van der Waals surface area (Å²) in [7, 11) is 1.67. The second-order valence-corrected chi connectivity index (χ2v) is 5.83. The Labute approximate surface area is 137 Å². The summed E-state index contributed by atoms with van der Waals surface area (Å²) < 4.78 is 10.7. The van der Waals surface area contributed by atoms with Gasteiger partial charge in [-0.1, -0.05) is 30.3 Å². The number of fused-ring (bicyclic) bond motifs is 1. The molecular formula is C19H24N2O2. The number of ether oxygens (including phenoxy) is 2. The minimum atomic E-state index is 0.409. The third-order valence-electron chi connectivity index (χ3n) is 4.28. The fourth-order valence-corrected chi connectivity index (χ4v) is 3.11. The van der Waals surface area contributed by atoms with Crippen LogP contribution in [0.15, 0.2) is 42.6 Å². The van der Waals surface area contributed by atoms with Crippen LogP contribution >= 0.6 is 0 Å². The van der Waals surface area contributed by atoms with Gasteiger partial charge in [0.25, 0.3) is 0 Å². The summed E-state index contributed by atoms with van der Waals surface area (Å²) in [6.45, 7) is 1.85. The number of nitrogens with one attached hydrogen (secondary N) is 1. The average Bonchev–Trinajstić information content (AvgIpc) is 2.61. The zero-order valence-corrected chi connectivity index (χ0v) is 13.6. The van der Waals surface area contributed by atoms with Crippen molar-refractivity contribution < 1.29 is 9.47 Å². The van der Waals surface area contributed by atoms with Gasteiger partial charge in [-0.2, -0.15) is 0 Å². The molecule has 3 rings (SSSR count). The maximum absolute atomic E-state index is 5.71. The minimum absolute atomic E-state index is 0.409. The molecule has 0 saturated heterocycles. The Morgan fingerprint density at radius 1 is 1.17 bits per heavy atom. The van der Waals surface area contributed by atoms with E-state index in [2.05, 4.69) is 40.6 Å². The molecule has 122 valence electrons. The highest BCUT2D eigenvalue weighted by molar-refractivity contribution is 5.32. The quantitative estimate of drug-likeness (QED) is 0.797. The molecule has 4 nitrogen and oxygen atoms in total. The summed E-state index contributed by atoms with van der Waals surface area (Å²) in [6, 6.07) is 13.2. The third-order valence-corrected chi connectivity index (χ3v) is 4.28. The Bertz CT molecular complexity index is 630. The van der Waals surface area contributed by atoms with E-state index in [1.807, 2.05) is 6.07 Å². The molecule has 0 radical (unpaired) electrons. The lowest BCUT2D eigenvalue weighted by atomic mass is 9.87. The van der Waals surface area contributed by atoms with Crippen molar-refractivity contribution in [3.05, 3.63) is 59.3 Å². The smallest absolute Gasteiger partial charge is 0.217 e. The normalized spacial score (nSPS) is 16.8. The number of methoxy groups -OCH3 is 1. The van der Waals surface area contributed by atoms with Crippen molar-refractivity contribution in [2.75, 3.05) is 20.3 Å². The van der Waals surface area contributed by atoms with E-state index in [-0.39, 0.29) is 0 Å². The van der Waals surface area contributed by atoms with Crippen LogP contribution in [0.1, 0.15) is 35.6 Å². The molecule has 1 heterocycles. The van der Waals surface area contributed by atoms with Gasteiger partial charge >= 0.3 is 0 Å². The Hall–Kier alpha value is -1.91. The molecule has 0 aliphatic heterocycles. The fraction of sp³-hybridized carbons (Fsp3) is 0.421. The van der Waals surface area contributed by atoms with E-state index in [0.717, 1.165) is 12.1 Å². The Morgan fingerprint density at radius 2 is 2.09 bits per heavy atom. The number of nitrogens with zero attached hydrogens (tertiary/aromatic N) is 1. The number of pyridine rings is 1. The van der Waals surface area contributed by atoms with Crippen LogP contribution in [0.3, 0.4) is 0 Å². The monoisotopic (exact) mass is 312 g/mol. The molecule has 2 aromatic rings. The molecule has 4 heteroatoms. The zero-order valence-electron chi connectivity index (χ0n) is 13.6. The number of rotatable bonds is 7. The van der Waals surface area contributed by atoms with E-state index in [4.69, 9.17) is 9.47 Å². The van der Waals surface area contributed by atoms with Gasteiger partial charge in [0.05, 0.1) is 6.61 Å². The molecule has 1 aliphatic rings. The zero-order chi connectivity index (χ0) is 15.9. The highest BCUT2D eigenvalue weighted by atomic mass is 16.5. The van der Waals surface area contributed by atoms with Crippen molar-refractivity contribution in [1.82, 2.24) is 10.3 Å². The summed E-state index contributed by atoms with van der Waals surface area (Å²) in [6.07, 6.45) is 5.37. The van der Waals surface area contributed by atoms with Gasteiger partial charge in [-0.3, -0.25) is 0 Å². The predicted molar refractivity (Wildman–Crippen MR) is 90.6 cm³/mol. The number of hydrogen-bond donors (Lipinski definition) is 1. The largest absolute Gasteiger partial charge is 0.475 e. The third kappa shape index (κ3) is 4.09. The van der Waals surface area contributed by atoms with Crippen LogP contribution in [-0.2, 0) is 17.7 Å². The van der Waals surface area contributed by atoms with Gasteiger partial charge in [-0.15, -0.1) is 0 Å². The van der Waals surface area contributed by atoms with Crippen molar-refractivity contribution in [1.29, 1.82) is 0 Å². The van der Waals surface area contributed by atoms with E-state index < -0.39 is 0 Å². The van der Waals surface area contributed by atoms with Crippen molar-refractivity contribution in [2.45, 2.75) is 31.8 Å². The standard InChI is InChI=1S/C19H24N2O2/c1-22-12-13-23-19-16(8-5-11-20-19)14-21-18-10-4-7-15-6-2-3-9-17(15)18/h2-3,5-6,8-9,11,18,21H,4,7,10,12-14H2,1H3. The lowest BCUT2D eigenvalue weighted by Gasteiger charge is -2.26. The van der Waals surface area contributed by atoms with E-state index in [1.54, 1.807) is 13.3 Å². The van der Waals surface area contributed by atoms with Crippen molar-refractivity contribution >= 4 is 0 Å². The summed E-state index contributed by atoms with van der Waals surface area (Å²) in [4.78, 5) is 4.34. The number of aryl methyl sites for hydroxylation is 1. The van der Waals surface area contributed by atoms with Gasteiger partial charge in [-0.05, 0) is 36.5 Å². The van der Waals surface area contributed by atoms with Gasteiger partial charge in [0.1, 0.15) is 6.61 Å². The topological polar surface area (TPSA) is 43.4 Å². The van der Waals surface area contributed by atoms with E-state index in [9.17, 15) is 0 Å². The molecule has 0 bridgehead atoms. The predicted octanol–water partition coefficient (Wildman–Crippen LogP) is 3.27. The van der Waals surface area contributed by atoms with Crippen molar-refractivity contribution in [2.24, 2.45) is 0 Å². The summed E-state index contributed by atoms with van der Waals surface area (Å²) in [5, 5.41) is 3.67. The van der Waals surface area contributed by atoms with Crippen LogP contribution < -0.4 is 10.1 Å². The van der Waals surface area contributed by atoms with E-state index in [0.29, 0.717) is 25.1 Å². The fourth-order valence-electron chi connectivity index (χ4n) is 3.11. The molecule has 1 aromatic heterocycles. The molecule has 0 saturated carbocycles. The minimum Gasteiger partial charge on any atom is -0.475 e. The van der Waals surface area contributed by atoms with Gasteiger partial charge in [0.2, 0.25) is 5.88 Å². The van der Waals surface area contributed by atoms with Crippen LogP contribution in [0, 0.1) is 0 Å². The highest BCUT2D eigenvalue weighted by Crippen LogP contribution is 2.30. The van der Waals surface area contributed by atoms with Gasteiger partial charge < -0.3 is 14.8 Å². The van der Waals surface area contributed by atoms with Gasteiger partial charge in [-0.25, -0.2) is 4.98 Å².